The Morgan fingerprint density at radius 3 is 1.21 bits per heavy atom. The topological polar surface area (TPSA) is 86.2 Å². The van der Waals surface area contributed by atoms with Crippen LogP contribution < -0.4 is 11.5 Å². The Bertz CT molecular complexity index is 1010. The van der Waals surface area contributed by atoms with E-state index in [2.05, 4.69) is 0 Å². The van der Waals surface area contributed by atoms with Gasteiger partial charge in [0.25, 0.3) is 0 Å². The second kappa shape index (κ2) is 7.31. The summed E-state index contributed by atoms with van der Waals surface area (Å²) in [6.07, 6.45) is 0. The molecule has 3 aromatic carbocycles. The van der Waals surface area contributed by atoms with Crippen LogP contribution in [-0.4, -0.2) is 11.6 Å². The van der Waals surface area contributed by atoms with E-state index in [4.69, 9.17) is 11.5 Å². The maximum Gasteiger partial charge on any atom is 0.195 e. The second-order valence-corrected chi connectivity index (χ2v) is 7.17. The van der Waals surface area contributed by atoms with Crippen LogP contribution in [0.2, 0.25) is 0 Å². The van der Waals surface area contributed by atoms with Crippen LogP contribution in [0.1, 0.15) is 54.1 Å². The Hall–Kier alpha value is -3.40. The Balaban J connectivity index is 1.92. The molecule has 0 saturated carbocycles. The maximum atomic E-state index is 12.8. The van der Waals surface area contributed by atoms with Crippen LogP contribution in [-0.2, 0) is 0 Å². The van der Waals surface area contributed by atoms with Crippen LogP contribution in [0.3, 0.4) is 0 Å². The summed E-state index contributed by atoms with van der Waals surface area (Å²) < 4.78 is 0. The van der Waals surface area contributed by atoms with Gasteiger partial charge >= 0.3 is 0 Å². The highest BCUT2D eigenvalue weighted by molar-refractivity contribution is 6.15. The first-order valence-electron chi connectivity index (χ1n) is 9.13. The van der Waals surface area contributed by atoms with Gasteiger partial charge < -0.3 is 11.5 Å². The van der Waals surface area contributed by atoms with Crippen molar-refractivity contribution in [1.82, 2.24) is 0 Å². The molecule has 0 bridgehead atoms. The Labute approximate surface area is 165 Å². The molecule has 0 aliphatic carbocycles. The Morgan fingerprint density at radius 1 is 0.571 bits per heavy atom. The minimum absolute atomic E-state index is 0.162. The van der Waals surface area contributed by atoms with Crippen molar-refractivity contribution in [2.45, 2.75) is 27.7 Å². The molecule has 0 aliphatic heterocycles. The molecule has 0 spiro atoms. The zero-order valence-electron chi connectivity index (χ0n) is 16.6. The number of nitrogen functional groups attached to an aromatic ring is 2. The first kappa shape index (κ1) is 19.4. The monoisotopic (exact) mass is 372 g/mol. The zero-order valence-corrected chi connectivity index (χ0v) is 16.6. The van der Waals surface area contributed by atoms with E-state index < -0.39 is 0 Å². The maximum absolute atomic E-state index is 12.8. The van der Waals surface area contributed by atoms with Crippen LogP contribution in [0, 0.1) is 27.7 Å². The first-order valence-corrected chi connectivity index (χ1v) is 9.13. The third-order valence-electron chi connectivity index (χ3n) is 5.47. The van der Waals surface area contributed by atoms with Crippen molar-refractivity contribution in [3.05, 3.63) is 93.0 Å². The van der Waals surface area contributed by atoms with Crippen molar-refractivity contribution in [1.29, 1.82) is 0 Å². The van der Waals surface area contributed by atoms with Crippen LogP contribution in [0.15, 0.2) is 48.5 Å². The number of aryl methyl sites for hydroxylation is 2. The fourth-order valence-corrected chi connectivity index (χ4v) is 3.16. The Morgan fingerprint density at radius 2 is 0.893 bits per heavy atom. The van der Waals surface area contributed by atoms with Gasteiger partial charge in [-0.2, -0.15) is 0 Å². The van der Waals surface area contributed by atoms with Crippen molar-refractivity contribution in [3.8, 4) is 0 Å². The highest BCUT2D eigenvalue weighted by atomic mass is 16.1. The summed E-state index contributed by atoms with van der Waals surface area (Å²) in [6, 6.07) is 13.9. The molecule has 0 unspecified atom stereocenters. The van der Waals surface area contributed by atoms with Gasteiger partial charge in [-0.1, -0.05) is 36.4 Å². The smallest absolute Gasteiger partial charge is 0.195 e. The molecule has 28 heavy (non-hydrogen) atoms. The van der Waals surface area contributed by atoms with E-state index in [9.17, 15) is 9.59 Å². The number of anilines is 2. The van der Waals surface area contributed by atoms with Crippen LogP contribution in [0.5, 0.6) is 0 Å². The average molecular weight is 372 g/mol. The van der Waals surface area contributed by atoms with Crippen LogP contribution in [0.25, 0.3) is 0 Å². The van der Waals surface area contributed by atoms with Gasteiger partial charge in [0.1, 0.15) is 0 Å². The van der Waals surface area contributed by atoms with E-state index in [-0.39, 0.29) is 11.6 Å². The number of rotatable bonds is 4. The van der Waals surface area contributed by atoms with Gasteiger partial charge in [-0.3, -0.25) is 9.59 Å². The van der Waals surface area contributed by atoms with E-state index in [1.807, 2.05) is 39.8 Å². The number of hydrogen-bond acceptors (Lipinski definition) is 4. The summed E-state index contributed by atoms with van der Waals surface area (Å²) in [5.41, 5.74) is 19.1. The van der Waals surface area contributed by atoms with Crippen molar-refractivity contribution >= 4 is 22.9 Å². The first-order chi connectivity index (χ1) is 13.2. The van der Waals surface area contributed by atoms with Crippen molar-refractivity contribution in [2.24, 2.45) is 0 Å². The zero-order chi connectivity index (χ0) is 20.6. The van der Waals surface area contributed by atoms with Crippen LogP contribution in [0.4, 0.5) is 11.4 Å². The van der Waals surface area contributed by atoms with Crippen molar-refractivity contribution < 1.29 is 9.59 Å². The molecule has 0 heterocycles. The number of carbonyl (C=O) groups is 2. The molecule has 0 aromatic heterocycles. The minimum Gasteiger partial charge on any atom is -0.398 e. The summed E-state index contributed by atoms with van der Waals surface area (Å²) in [7, 11) is 0. The highest BCUT2D eigenvalue weighted by Gasteiger charge is 2.17. The molecule has 0 fully saturated rings. The van der Waals surface area contributed by atoms with Gasteiger partial charge in [-0.05, 0) is 62.1 Å². The lowest BCUT2D eigenvalue weighted by Gasteiger charge is -2.11. The largest absolute Gasteiger partial charge is 0.398 e. The lowest BCUT2D eigenvalue weighted by atomic mass is 9.94. The second-order valence-electron chi connectivity index (χ2n) is 7.17. The Kier molecular flexibility index (Phi) is 5.06. The van der Waals surface area contributed by atoms with Crippen molar-refractivity contribution in [3.63, 3.8) is 0 Å². The number of ketones is 2. The molecular weight excluding hydrogens is 348 g/mol. The van der Waals surface area contributed by atoms with E-state index >= 15 is 0 Å². The van der Waals surface area contributed by atoms with E-state index in [1.165, 1.54) is 0 Å². The number of carbonyl (C=O) groups excluding carboxylic acids is 2. The predicted octanol–water partition coefficient (Wildman–Crippen LogP) is 4.55. The fourth-order valence-electron chi connectivity index (χ4n) is 3.16. The third-order valence-corrected chi connectivity index (χ3v) is 5.47. The van der Waals surface area contributed by atoms with E-state index in [0.29, 0.717) is 33.6 Å². The molecule has 3 aromatic rings. The lowest BCUT2D eigenvalue weighted by molar-refractivity contribution is 0.102. The molecule has 0 atom stereocenters. The van der Waals surface area contributed by atoms with Crippen molar-refractivity contribution in [2.75, 3.05) is 11.5 Å². The highest BCUT2D eigenvalue weighted by Crippen LogP contribution is 2.25. The summed E-state index contributed by atoms with van der Waals surface area (Å²) in [5, 5.41) is 0. The third kappa shape index (κ3) is 3.29. The summed E-state index contributed by atoms with van der Waals surface area (Å²) in [6.45, 7) is 7.71. The van der Waals surface area contributed by atoms with E-state index in [1.54, 1.807) is 36.4 Å². The van der Waals surface area contributed by atoms with Gasteiger partial charge in [0, 0.05) is 33.6 Å². The standard InChI is InChI=1S/C24H24N2O2/c1-13-5-11-19(21(25)15(13)3)23(27)17-7-9-18(10-8-17)24(28)20-12-6-14(2)16(4)22(20)26/h5-12H,25-26H2,1-4H3. The SMILES string of the molecule is Cc1ccc(C(=O)c2ccc(C(=O)c3ccc(C)c(C)c3N)cc2)c(N)c1C. The molecule has 142 valence electrons. The number of nitrogens with two attached hydrogens (primary N) is 2. The molecule has 4 N–H and O–H groups in total. The van der Waals surface area contributed by atoms with Gasteiger partial charge in [-0.25, -0.2) is 0 Å². The molecule has 0 amide bonds. The molecule has 3 rings (SSSR count). The fraction of sp³-hybridized carbons (Fsp3) is 0.167. The summed E-state index contributed by atoms with van der Waals surface area (Å²) >= 11 is 0. The number of hydrogen-bond donors (Lipinski definition) is 2. The molecule has 0 radical (unpaired) electrons. The average Bonchev–Trinajstić information content (AvgIpc) is 2.70. The van der Waals surface area contributed by atoms with Gasteiger partial charge in [0.2, 0.25) is 0 Å². The van der Waals surface area contributed by atoms with Gasteiger partial charge in [-0.15, -0.1) is 0 Å². The minimum atomic E-state index is -0.162. The summed E-state index contributed by atoms with van der Waals surface area (Å²) in [5.74, 6) is -0.324. The lowest BCUT2D eigenvalue weighted by Crippen LogP contribution is -2.09. The molecule has 4 heteroatoms. The van der Waals surface area contributed by atoms with E-state index in [0.717, 1.165) is 22.3 Å². The molecular formula is C24H24N2O2. The van der Waals surface area contributed by atoms with Gasteiger partial charge in [0.05, 0.1) is 0 Å². The predicted molar refractivity (Wildman–Crippen MR) is 114 cm³/mol. The molecule has 0 saturated heterocycles. The quantitative estimate of drug-likeness (QED) is 0.520. The normalized spacial score (nSPS) is 10.7. The molecule has 4 nitrogen and oxygen atoms in total. The van der Waals surface area contributed by atoms with Gasteiger partial charge in [0.15, 0.2) is 11.6 Å². The summed E-state index contributed by atoms with van der Waals surface area (Å²) in [4.78, 5) is 25.7. The molecule has 0 aliphatic rings. The van der Waals surface area contributed by atoms with Crippen LogP contribution >= 0.6 is 0 Å². The number of benzene rings is 3.